The van der Waals surface area contributed by atoms with Crippen LogP contribution >= 0.6 is 11.6 Å². The maximum Gasteiger partial charge on any atom is 0.129 e. The molecule has 0 amide bonds. The van der Waals surface area contributed by atoms with Crippen LogP contribution in [0.25, 0.3) is 0 Å². The standard InChI is InChI=1S/C16H25ClN2/c1-12(2)14-8-13(10-17)9-15(18-14)19-7-5-6-16(3,4)11-19/h8-9,12H,5-7,10-11H2,1-4H3. The van der Waals surface area contributed by atoms with Crippen LogP contribution in [0.5, 0.6) is 0 Å². The Morgan fingerprint density at radius 2 is 2.11 bits per heavy atom. The van der Waals surface area contributed by atoms with Crippen LogP contribution in [0, 0.1) is 5.41 Å². The molecule has 106 valence electrons. The Morgan fingerprint density at radius 1 is 1.37 bits per heavy atom. The normalized spacial score (nSPS) is 18.9. The highest BCUT2D eigenvalue weighted by Crippen LogP contribution is 2.32. The molecule has 0 radical (unpaired) electrons. The van der Waals surface area contributed by atoms with E-state index in [1.54, 1.807) is 0 Å². The minimum absolute atomic E-state index is 0.384. The Hall–Kier alpha value is -0.760. The fraction of sp³-hybridized carbons (Fsp3) is 0.688. The van der Waals surface area contributed by atoms with Crippen LogP contribution in [-0.4, -0.2) is 18.1 Å². The molecule has 3 heteroatoms. The maximum absolute atomic E-state index is 6.02. The molecule has 0 aliphatic carbocycles. The number of rotatable bonds is 3. The fourth-order valence-electron chi connectivity index (χ4n) is 2.75. The lowest BCUT2D eigenvalue weighted by molar-refractivity contribution is 0.292. The predicted molar refractivity (Wildman–Crippen MR) is 83.1 cm³/mol. The lowest BCUT2D eigenvalue weighted by Gasteiger charge is -2.39. The number of anilines is 1. The zero-order valence-corrected chi connectivity index (χ0v) is 13.3. The van der Waals surface area contributed by atoms with Crippen LogP contribution in [0.1, 0.15) is 57.7 Å². The van der Waals surface area contributed by atoms with E-state index in [-0.39, 0.29) is 0 Å². The molecule has 1 saturated heterocycles. The molecule has 0 N–H and O–H groups in total. The Kier molecular flexibility index (Phi) is 4.39. The third-order valence-electron chi connectivity index (χ3n) is 3.86. The molecule has 0 unspecified atom stereocenters. The molecular formula is C16H25ClN2. The number of nitrogens with zero attached hydrogens (tertiary/aromatic N) is 2. The molecule has 19 heavy (non-hydrogen) atoms. The van der Waals surface area contributed by atoms with Gasteiger partial charge < -0.3 is 4.90 Å². The van der Waals surface area contributed by atoms with E-state index < -0.39 is 0 Å². The van der Waals surface area contributed by atoms with Gasteiger partial charge in [-0.3, -0.25) is 0 Å². The summed E-state index contributed by atoms with van der Waals surface area (Å²) in [5.74, 6) is 2.11. The van der Waals surface area contributed by atoms with E-state index in [2.05, 4.69) is 44.7 Å². The van der Waals surface area contributed by atoms with Gasteiger partial charge >= 0.3 is 0 Å². The Bertz CT molecular complexity index is 440. The van der Waals surface area contributed by atoms with Crippen molar-refractivity contribution >= 4 is 17.4 Å². The van der Waals surface area contributed by atoms with Gasteiger partial charge in [0.2, 0.25) is 0 Å². The molecule has 0 saturated carbocycles. The van der Waals surface area contributed by atoms with E-state index in [9.17, 15) is 0 Å². The number of halogens is 1. The molecule has 0 aromatic carbocycles. The van der Waals surface area contributed by atoms with Gasteiger partial charge in [-0.2, -0.15) is 0 Å². The number of alkyl halides is 1. The fourth-order valence-corrected chi connectivity index (χ4v) is 2.90. The Morgan fingerprint density at radius 3 is 2.68 bits per heavy atom. The SMILES string of the molecule is CC(C)c1cc(CCl)cc(N2CCCC(C)(C)C2)n1. The van der Waals surface area contributed by atoms with Crippen molar-refractivity contribution in [2.45, 2.75) is 52.3 Å². The molecule has 1 aliphatic rings. The summed E-state index contributed by atoms with van der Waals surface area (Å²) in [6.45, 7) is 11.2. The van der Waals surface area contributed by atoms with Crippen molar-refractivity contribution < 1.29 is 0 Å². The summed E-state index contributed by atoms with van der Waals surface area (Å²) in [5, 5.41) is 0. The van der Waals surface area contributed by atoms with Gasteiger partial charge in [-0.15, -0.1) is 11.6 Å². The van der Waals surface area contributed by atoms with Crippen molar-refractivity contribution in [1.29, 1.82) is 0 Å². The molecule has 1 fully saturated rings. The third-order valence-corrected chi connectivity index (χ3v) is 4.17. The second-order valence-electron chi connectivity index (χ2n) is 6.74. The van der Waals surface area contributed by atoms with Crippen LogP contribution < -0.4 is 4.90 Å². The van der Waals surface area contributed by atoms with Gasteiger partial charge in [0.05, 0.1) is 0 Å². The zero-order valence-electron chi connectivity index (χ0n) is 12.5. The van der Waals surface area contributed by atoms with E-state index in [0.29, 0.717) is 17.2 Å². The first-order valence-corrected chi connectivity index (χ1v) is 7.76. The lowest BCUT2D eigenvalue weighted by atomic mass is 9.84. The predicted octanol–water partition coefficient (Wildman–Crippen LogP) is 4.57. The molecule has 2 heterocycles. The number of pyridine rings is 1. The number of hydrogen-bond acceptors (Lipinski definition) is 2. The van der Waals surface area contributed by atoms with Gasteiger partial charge in [-0.25, -0.2) is 4.98 Å². The van der Waals surface area contributed by atoms with Gasteiger partial charge in [-0.05, 0) is 41.9 Å². The summed E-state index contributed by atoms with van der Waals surface area (Å²) >= 11 is 6.02. The third kappa shape index (κ3) is 3.62. The minimum atomic E-state index is 0.384. The molecule has 1 aromatic rings. The first kappa shape index (κ1) is 14.6. The lowest BCUT2D eigenvalue weighted by Crippen LogP contribution is -2.40. The Balaban J connectivity index is 2.30. The van der Waals surface area contributed by atoms with Crippen LogP contribution in [0.15, 0.2) is 12.1 Å². The van der Waals surface area contributed by atoms with Crippen molar-refractivity contribution in [2.24, 2.45) is 5.41 Å². The second kappa shape index (κ2) is 5.70. The average molecular weight is 281 g/mol. The quantitative estimate of drug-likeness (QED) is 0.754. The molecular weight excluding hydrogens is 256 g/mol. The van der Waals surface area contributed by atoms with E-state index in [0.717, 1.165) is 24.6 Å². The largest absolute Gasteiger partial charge is 0.356 e. The average Bonchev–Trinajstić information content (AvgIpc) is 2.37. The van der Waals surface area contributed by atoms with Crippen molar-refractivity contribution in [3.63, 3.8) is 0 Å². The summed E-state index contributed by atoms with van der Waals surface area (Å²) in [6.07, 6.45) is 2.55. The van der Waals surface area contributed by atoms with Crippen molar-refractivity contribution in [3.8, 4) is 0 Å². The van der Waals surface area contributed by atoms with E-state index in [1.165, 1.54) is 18.4 Å². The number of aromatic nitrogens is 1. The van der Waals surface area contributed by atoms with Gasteiger partial charge in [-0.1, -0.05) is 27.7 Å². The number of hydrogen-bond donors (Lipinski definition) is 0. The number of piperidine rings is 1. The molecule has 2 nitrogen and oxygen atoms in total. The first-order chi connectivity index (χ1) is 8.91. The summed E-state index contributed by atoms with van der Waals surface area (Å²) < 4.78 is 0. The van der Waals surface area contributed by atoms with E-state index >= 15 is 0 Å². The van der Waals surface area contributed by atoms with Crippen molar-refractivity contribution in [1.82, 2.24) is 4.98 Å². The van der Waals surface area contributed by atoms with Crippen LogP contribution in [-0.2, 0) is 5.88 Å². The van der Waals surface area contributed by atoms with Crippen LogP contribution in [0.2, 0.25) is 0 Å². The van der Waals surface area contributed by atoms with Gasteiger partial charge in [0.1, 0.15) is 5.82 Å². The zero-order chi connectivity index (χ0) is 14.0. The molecule has 0 atom stereocenters. The molecule has 0 spiro atoms. The summed E-state index contributed by atoms with van der Waals surface area (Å²) in [4.78, 5) is 7.26. The van der Waals surface area contributed by atoms with Crippen LogP contribution in [0.3, 0.4) is 0 Å². The van der Waals surface area contributed by atoms with Crippen LogP contribution in [0.4, 0.5) is 5.82 Å². The van der Waals surface area contributed by atoms with E-state index in [1.807, 2.05) is 0 Å². The maximum atomic E-state index is 6.02. The summed E-state index contributed by atoms with van der Waals surface area (Å²) in [7, 11) is 0. The smallest absolute Gasteiger partial charge is 0.129 e. The molecule has 1 aromatic heterocycles. The highest BCUT2D eigenvalue weighted by Gasteiger charge is 2.27. The topological polar surface area (TPSA) is 16.1 Å². The van der Waals surface area contributed by atoms with Gasteiger partial charge in [0.15, 0.2) is 0 Å². The van der Waals surface area contributed by atoms with Crippen molar-refractivity contribution in [2.75, 3.05) is 18.0 Å². The highest BCUT2D eigenvalue weighted by molar-refractivity contribution is 6.17. The summed E-state index contributed by atoms with van der Waals surface area (Å²) in [5.41, 5.74) is 2.71. The van der Waals surface area contributed by atoms with Gasteiger partial charge in [0.25, 0.3) is 0 Å². The molecule has 2 rings (SSSR count). The van der Waals surface area contributed by atoms with Gasteiger partial charge in [0, 0.05) is 24.7 Å². The summed E-state index contributed by atoms with van der Waals surface area (Å²) in [6, 6.07) is 4.29. The van der Waals surface area contributed by atoms with Crippen molar-refractivity contribution in [3.05, 3.63) is 23.4 Å². The van der Waals surface area contributed by atoms with E-state index in [4.69, 9.17) is 16.6 Å². The Labute approximate surface area is 122 Å². The molecule has 1 aliphatic heterocycles. The second-order valence-corrected chi connectivity index (χ2v) is 7.00. The minimum Gasteiger partial charge on any atom is -0.356 e. The monoisotopic (exact) mass is 280 g/mol. The highest BCUT2D eigenvalue weighted by atomic mass is 35.5. The molecule has 0 bridgehead atoms. The first-order valence-electron chi connectivity index (χ1n) is 7.23.